The van der Waals surface area contributed by atoms with Crippen molar-refractivity contribution in [2.45, 2.75) is 32.2 Å². The Hall–Kier alpha value is -2.18. The topological polar surface area (TPSA) is 62.6 Å². The zero-order valence-corrected chi connectivity index (χ0v) is 14.9. The van der Waals surface area contributed by atoms with E-state index in [1.54, 1.807) is 0 Å². The molecule has 0 amide bonds. The van der Waals surface area contributed by atoms with E-state index in [4.69, 9.17) is 11.6 Å². The van der Waals surface area contributed by atoms with Crippen LogP contribution in [0, 0.1) is 6.92 Å². The predicted octanol–water partition coefficient (Wildman–Crippen LogP) is 3.33. The van der Waals surface area contributed by atoms with Gasteiger partial charge in [-0.3, -0.25) is 10.00 Å². The molecule has 0 aliphatic carbocycles. The highest BCUT2D eigenvalue weighted by Crippen LogP contribution is 2.26. The van der Waals surface area contributed by atoms with E-state index in [9.17, 15) is 0 Å². The number of nitrogens with zero attached hydrogens (tertiary/aromatic N) is 5. The summed E-state index contributed by atoms with van der Waals surface area (Å²) < 4.78 is 1.88. The normalized spacial score (nSPS) is 16.4. The van der Waals surface area contributed by atoms with Crippen LogP contribution in [-0.4, -0.2) is 43.0 Å². The molecule has 0 radical (unpaired) electrons. The molecular weight excluding hydrogens is 336 g/mol. The van der Waals surface area contributed by atoms with Crippen LogP contribution in [0.3, 0.4) is 0 Å². The van der Waals surface area contributed by atoms with Crippen molar-refractivity contribution in [2.75, 3.05) is 13.1 Å². The molecule has 1 fully saturated rings. The summed E-state index contributed by atoms with van der Waals surface area (Å²) in [6.07, 6.45) is 6.21. The number of aromatic nitrogens is 5. The number of hydrogen-bond donors (Lipinski definition) is 1. The van der Waals surface area contributed by atoms with Gasteiger partial charge in [0.2, 0.25) is 0 Å². The maximum absolute atomic E-state index is 6.06. The molecule has 2 aromatic heterocycles. The molecule has 3 aromatic rings. The van der Waals surface area contributed by atoms with E-state index >= 15 is 0 Å². The van der Waals surface area contributed by atoms with Crippen LogP contribution >= 0.6 is 11.6 Å². The summed E-state index contributed by atoms with van der Waals surface area (Å²) in [6, 6.07) is 7.74. The minimum absolute atomic E-state index is 0.468. The number of rotatable bonds is 4. The van der Waals surface area contributed by atoms with Crippen molar-refractivity contribution in [1.29, 1.82) is 0 Å². The second-order valence-electron chi connectivity index (χ2n) is 6.60. The Morgan fingerprint density at radius 3 is 2.84 bits per heavy atom. The highest BCUT2D eigenvalue weighted by Gasteiger charge is 2.23. The standard InChI is InChI=1S/C18H21ClN6/c1-13-21-18(23-22-13)15-5-7-24(8-6-15)11-14-10-20-25(12-14)17-4-2-3-16(19)9-17/h2-4,9-10,12,15H,5-8,11H2,1H3,(H,21,22,23). The fraction of sp³-hybridized carbons (Fsp3) is 0.389. The third-order valence-electron chi connectivity index (χ3n) is 4.68. The fourth-order valence-electron chi connectivity index (χ4n) is 3.35. The number of likely N-dealkylation sites (tertiary alicyclic amines) is 1. The molecule has 1 aliphatic heterocycles. The molecule has 0 atom stereocenters. The largest absolute Gasteiger partial charge is 0.299 e. The summed E-state index contributed by atoms with van der Waals surface area (Å²) >= 11 is 6.06. The molecule has 3 heterocycles. The molecule has 4 rings (SSSR count). The Balaban J connectivity index is 1.36. The Labute approximate surface area is 151 Å². The van der Waals surface area contributed by atoms with Crippen LogP contribution in [0.5, 0.6) is 0 Å². The van der Waals surface area contributed by atoms with Crippen molar-refractivity contribution in [3.63, 3.8) is 0 Å². The van der Waals surface area contributed by atoms with E-state index in [0.29, 0.717) is 5.92 Å². The third-order valence-corrected chi connectivity index (χ3v) is 4.92. The fourth-order valence-corrected chi connectivity index (χ4v) is 3.54. The van der Waals surface area contributed by atoms with Crippen LogP contribution in [0.25, 0.3) is 5.69 Å². The molecule has 7 heteroatoms. The first-order valence-electron chi connectivity index (χ1n) is 8.58. The number of aromatic amines is 1. The van der Waals surface area contributed by atoms with Crippen LogP contribution < -0.4 is 0 Å². The number of piperidine rings is 1. The molecule has 1 N–H and O–H groups in total. The number of benzene rings is 1. The SMILES string of the molecule is Cc1nc(C2CCN(Cc3cnn(-c4cccc(Cl)c4)c3)CC2)n[nH]1. The molecule has 130 valence electrons. The molecular formula is C18H21ClN6. The molecule has 0 unspecified atom stereocenters. The van der Waals surface area contributed by atoms with Crippen molar-refractivity contribution < 1.29 is 0 Å². The van der Waals surface area contributed by atoms with E-state index in [-0.39, 0.29) is 0 Å². The van der Waals surface area contributed by atoms with Crippen LogP contribution in [0.2, 0.25) is 5.02 Å². The van der Waals surface area contributed by atoms with Gasteiger partial charge in [-0.2, -0.15) is 10.2 Å². The van der Waals surface area contributed by atoms with Crippen molar-refractivity contribution in [3.05, 3.63) is 58.9 Å². The molecule has 0 bridgehead atoms. The average Bonchev–Trinajstić information content (AvgIpc) is 3.25. The molecule has 6 nitrogen and oxygen atoms in total. The summed E-state index contributed by atoms with van der Waals surface area (Å²) in [5, 5.41) is 12.4. The Morgan fingerprint density at radius 2 is 2.12 bits per heavy atom. The van der Waals surface area contributed by atoms with E-state index in [0.717, 1.165) is 54.8 Å². The smallest absolute Gasteiger partial charge is 0.153 e. The highest BCUT2D eigenvalue weighted by molar-refractivity contribution is 6.30. The Kier molecular flexibility index (Phi) is 4.55. The number of hydrogen-bond acceptors (Lipinski definition) is 4. The van der Waals surface area contributed by atoms with Gasteiger partial charge in [0.05, 0.1) is 11.9 Å². The van der Waals surface area contributed by atoms with Crippen LogP contribution in [0.1, 0.15) is 36.0 Å². The molecule has 1 aliphatic rings. The Morgan fingerprint density at radius 1 is 1.28 bits per heavy atom. The van der Waals surface area contributed by atoms with Crippen molar-refractivity contribution in [2.24, 2.45) is 0 Å². The summed E-state index contributed by atoms with van der Waals surface area (Å²) in [6.45, 7) is 4.98. The number of nitrogens with one attached hydrogen (secondary N) is 1. The lowest BCUT2D eigenvalue weighted by atomic mass is 9.96. The van der Waals surface area contributed by atoms with Gasteiger partial charge in [0.1, 0.15) is 5.82 Å². The summed E-state index contributed by atoms with van der Waals surface area (Å²) in [7, 11) is 0. The highest BCUT2D eigenvalue weighted by atomic mass is 35.5. The van der Waals surface area contributed by atoms with Gasteiger partial charge < -0.3 is 0 Å². The van der Waals surface area contributed by atoms with Gasteiger partial charge in [-0.25, -0.2) is 9.67 Å². The lowest BCUT2D eigenvalue weighted by Crippen LogP contribution is -2.32. The van der Waals surface area contributed by atoms with E-state index in [1.165, 1.54) is 5.56 Å². The second kappa shape index (κ2) is 6.98. The van der Waals surface area contributed by atoms with E-state index in [1.807, 2.05) is 42.1 Å². The summed E-state index contributed by atoms with van der Waals surface area (Å²) in [5.41, 5.74) is 2.20. The predicted molar refractivity (Wildman–Crippen MR) is 96.9 cm³/mol. The summed E-state index contributed by atoms with van der Waals surface area (Å²) in [4.78, 5) is 6.95. The zero-order valence-electron chi connectivity index (χ0n) is 14.2. The van der Waals surface area contributed by atoms with Crippen molar-refractivity contribution >= 4 is 11.6 Å². The monoisotopic (exact) mass is 356 g/mol. The summed E-state index contributed by atoms with van der Waals surface area (Å²) in [5.74, 6) is 2.33. The van der Waals surface area contributed by atoms with Crippen molar-refractivity contribution in [1.82, 2.24) is 29.9 Å². The molecule has 0 saturated carbocycles. The quantitative estimate of drug-likeness (QED) is 0.778. The minimum atomic E-state index is 0.468. The maximum Gasteiger partial charge on any atom is 0.153 e. The first-order valence-corrected chi connectivity index (χ1v) is 8.96. The number of halogens is 1. The van der Waals surface area contributed by atoms with Crippen LogP contribution in [0.15, 0.2) is 36.7 Å². The number of H-pyrrole nitrogens is 1. The molecule has 0 spiro atoms. The first-order chi connectivity index (χ1) is 12.2. The van der Waals surface area contributed by atoms with Gasteiger partial charge in [0.25, 0.3) is 0 Å². The van der Waals surface area contributed by atoms with Crippen molar-refractivity contribution in [3.8, 4) is 5.69 Å². The lowest BCUT2D eigenvalue weighted by Gasteiger charge is -2.30. The third kappa shape index (κ3) is 3.75. The van der Waals surface area contributed by atoms with Gasteiger partial charge >= 0.3 is 0 Å². The molecule has 1 saturated heterocycles. The van der Waals surface area contributed by atoms with Crippen LogP contribution in [-0.2, 0) is 6.54 Å². The lowest BCUT2D eigenvalue weighted by molar-refractivity contribution is 0.202. The first kappa shape index (κ1) is 16.3. The van der Waals surface area contributed by atoms with Gasteiger partial charge in [0, 0.05) is 29.2 Å². The average molecular weight is 357 g/mol. The van der Waals surface area contributed by atoms with E-state index in [2.05, 4.69) is 31.4 Å². The van der Waals surface area contributed by atoms with E-state index < -0.39 is 0 Å². The van der Waals surface area contributed by atoms with Crippen LogP contribution in [0.4, 0.5) is 0 Å². The van der Waals surface area contributed by atoms with Gasteiger partial charge in [0.15, 0.2) is 5.82 Å². The van der Waals surface area contributed by atoms with Gasteiger partial charge in [-0.1, -0.05) is 17.7 Å². The second-order valence-corrected chi connectivity index (χ2v) is 7.04. The molecule has 25 heavy (non-hydrogen) atoms. The van der Waals surface area contributed by atoms with Gasteiger partial charge in [-0.05, 0) is 51.1 Å². The zero-order chi connectivity index (χ0) is 17.2. The molecule has 1 aromatic carbocycles. The van der Waals surface area contributed by atoms with Gasteiger partial charge in [-0.15, -0.1) is 0 Å². The maximum atomic E-state index is 6.06. The number of aryl methyl sites for hydroxylation is 1. The Bertz CT molecular complexity index is 847. The minimum Gasteiger partial charge on any atom is -0.299 e.